The predicted molar refractivity (Wildman–Crippen MR) is 86.0 cm³/mol. The average molecular weight is 316 g/mol. The molecule has 0 radical (unpaired) electrons. The maximum atomic E-state index is 12.1. The number of amides is 2. The van der Waals surface area contributed by atoms with Gasteiger partial charge in [-0.05, 0) is 24.3 Å². The van der Waals surface area contributed by atoms with E-state index in [0.29, 0.717) is 30.3 Å². The number of hydrogen-bond acceptors (Lipinski definition) is 4. The van der Waals surface area contributed by atoms with Gasteiger partial charge in [0.25, 0.3) is 0 Å². The van der Waals surface area contributed by atoms with Gasteiger partial charge in [0.05, 0.1) is 25.6 Å². The fourth-order valence-electron chi connectivity index (χ4n) is 2.14. The van der Waals surface area contributed by atoms with Crippen LogP contribution in [0.25, 0.3) is 0 Å². The van der Waals surface area contributed by atoms with Gasteiger partial charge in [0.1, 0.15) is 11.5 Å². The number of anilines is 1. The molecule has 0 saturated carbocycles. The monoisotopic (exact) mass is 316 g/mol. The Bertz CT molecular complexity index is 652. The number of para-hydroxylation sites is 2. The number of hydrogen-bond donors (Lipinski definition) is 1. The van der Waals surface area contributed by atoms with Gasteiger partial charge in [0.15, 0.2) is 0 Å². The van der Waals surface area contributed by atoms with Crippen molar-refractivity contribution in [1.82, 2.24) is 4.90 Å². The van der Waals surface area contributed by atoms with E-state index in [1.807, 2.05) is 12.1 Å². The highest BCUT2D eigenvalue weighted by molar-refractivity contribution is 5.92. The van der Waals surface area contributed by atoms with Gasteiger partial charge in [0.2, 0.25) is 11.8 Å². The highest BCUT2D eigenvalue weighted by Crippen LogP contribution is 2.23. The van der Waals surface area contributed by atoms with Crippen LogP contribution in [0.2, 0.25) is 0 Å². The first-order chi connectivity index (χ1) is 11.1. The zero-order valence-electron chi connectivity index (χ0n) is 13.2. The molecule has 6 heteroatoms. The van der Waals surface area contributed by atoms with E-state index < -0.39 is 0 Å². The molecule has 1 aromatic heterocycles. The van der Waals surface area contributed by atoms with E-state index in [1.54, 1.807) is 42.5 Å². The number of carbonyl (C=O) groups is 2. The molecule has 2 rings (SSSR count). The highest BCUT2D eigenvalue weighted by Gasteiger charge is 2.14. The Hall–Kier alpha value is -2.76. The van der Waals surface area contributed by atoms with Gasteiger partial charge in [-0.1, -0.05) is 12.1 Å². The minimum Gasteiger partial charge on any atom is -0.495 e. The third-order valence-electron chi connectivity index (χ3n) is 3.36. The molecule has 1 heterocycles. The molecule has 0 saturated heterocycles. The molecule has 23 heavy (non-hydrogen) atoms. The van der Waals surface area contributed by atoms with Crippen molar-refractivity contribution in [3.63, 3.8) is 0 Å². The summed E-state index contributed by atoms with van der Waals surface area (Å²) in [6.45, 7) is 2.14. The molecule has 0 spiro atoms. The van der Waals surface area contributed by atoms with Crippen LogP contribution in [0.5, 0.6) is 5.75 Å². The number of nitrogens with zero attached hydrogens (tertiary/aromatic N) is 1. The summed E-state index contributed by atoms with van der Waals surface area (Å²) in [7, 11) is 1.55. The summed E-state index contributed by atoms with van der Waals surface area (Å²) in [6, 6.07) is 10.7. The standard InChI is InChI=1S/C17H20N2O4/c1-13(20)19(12-14-6-5-11-23-14)10-9-17(21)18-15-7-3-4-8-16(15)22-2/h3-8,11H,9-10,12H2,1-2H3,(H,18,21). The van der Waals surface area contributed by atoms with Crippen LogP contribution < -0.4 is 10.1 Å². The van der Waals surface area contributed by atoms with Gasteiger partial charge in [-0.3, -0.25) is 9.59 Å². The molecule has 0 aliphatic rings. The van der Waals surface area contributed by atoms with E-state index in [4.69, 9.17) is 9.15 Å². The summed E-state index contributed by atoms with van der Waals surface area (Å²) >= 11 is 0. The second kappa shape index (κ2) is 8.03. The van der Waals surface area contributed by atoms with Crippen molar-refractivity contribution >= 4 is 17.5 Å². The van der Waals surface area contributed by atoms with Gasteiger partial charge < -0.3 is 19.4 Å². The maximum absolute atomic E-state index is 12.1. The van der Waals surface area contributed by atoms with Crippen LogP contribution in [0.3, 0.4) is 0 Å². The van der Waals surface area contributed by atoms with Crippen molar-refractivity contribution in [2.75, 3.05) is 19.0 Å². The zero-order chi connectivity index (χ0) is 16.7. The molecule has 1 aromatic carbocycles. The van der Waals surface area contributed by atoms with Crippen LogP contribution >= 0.6 is 0 Å². The second-order valence-electron chi connectivity index (χ2n) is 5.02. The Kier molecular flexibility index (Phi) is 5.80. The number of nitrogens with one attached hydrogen (secondary N) is 1. The van der Waals surface area contributed by atoms with Crippen molar-refractivity contribution in [1.29, 1.82) is 0 Å². The first-order valence-electron chi connectivity index (χ1n) is 7.31. The van der Waals surface area contributed by atoms with Crippen LogP contribution in [0.1, 0.15) is 19.1 Å². The number of methoxy groups -OCH3 is 1. The minimum absolute atomic E-state index is 0.105. The molecule has 6 nitrogen and oxygen atoms in total. The predicted octanol–water partition coefficient (Wildman–Crippen LogP) is 2.67. The average Bonchev–Trinajstić information content (AvgIpc) is 3.04. The van der Waals surface area contributed by atoms with Gasteiger partial charge >= 0.3 is 0 Å². The van der Waals surface area contributed by atoms with E-state index >= 15 is 0 Å². The zero-order valence-corrected chi connectivity index (χ0v) is 13.2. The van der Waals surface area contributed by atoms with Crippen LogP contribution in [-0.4, -0.2) is 30.4 Å². The Balaban J connectivity index is 1.90. The van der Waals surface area contributed by atoms with Crippen molar-refractivity contribution in [3.05, 3.63) is 48.4 Å². The summed E-state index contributed by atoms with van der Waals surface area (Å²) < 4.78 is 10.4. The summed E-state index contributed by atoms with van der Waals surface area (Å²) in [5.74, 6) is 0.997. The summed E-state index contributed by atoms with van der Waals surface area (Å²) in [6.07, 6.45) is 1.75. The Morgan fingerprint density at radius 1 is 1.22 bits per heavy atom. The number of furan rings is 1. The van der Waals surface area contributed by atoms with Gasteiger partial charge in [0, 0.05) is 19.9 Å². The molecule has 1 N–H and O–H groups in total. The van der Waals surface area contributed by atoms with Crippen LogP contribution in [0.4, 0.5) is 5.69 Å². The van der Waals surface area contributed by atoms with Crippen molar-refractivity contribution in [2.45, 2.75) is 19.9 Å². The van der Waals surface area contributed by atoms with Crippen LogP contribution in [-0.2, 0) is 16.1 Å². The third kappa shape index (κ3) is 4.88. The normalized spacial score (nSPS) is 10.2. The molecular weight excluding hydrogens is 296 g/mol. The molecule has 0 aliphatic carbocycles. The van der Waals surface area contributed by atoms with E-state index in [0.717, 1.165) is 0 Å². The highest BCUT2D eigenvalue weighted by atomic mass is 16.5. The maximum Gasteiger partial charge on any atom is 0.226 e. The molecule has 0 bridgehead atoms. The van der Waals surface area contributed by atoms with E-state index in [1.165, 1.54) is 6.92 Å². The Morgan fingerprint density at radius 2 is 2.00 bits per heavy atom. The molecular formula is C17H20N2O4. The van der Waals surface area contributed by atoms with E-state index in [2.05, 4.69) is 5.32 Å². The van der Waals surface area contributed by atoms with Crippen molar-refractivity contribution < 1.29 is 18.7 Å². The lowest BCUT2D eigenvalue weighted by molar-refractivity contribution is -0.130. The molecule has 2 aromatic rings. The quantitative estimate of drug-likeness (QED) is 0.852. The number of rotatable bonds is 7. The molecule has 0 fully saturated rings. The summed E-state index contributed by atoms with van der Waals surface area (Å²) in [5, 5.41) is 2.79. The van der Waals surface area contributed by atoms with Crippen molar-refractivity contribution in [2.24, 2.45) is 0 Å². The van der Waals surface area contributed by atoms with E-state index in [9.17, 15) is 9.59 Å². The lowest BCUT2D eigenvalue weighted by Crippen LogP contribution is -2.31. The molecule has 2 amide bonds. The first-order valence-corrected chi connectivity index (χ1v) is 7.31. The lowest BCUT2D eigenvalue weighted by Gasteiger charge is -2.19. The SMILES string of the molecule is COc1ccccc1NC(=O)CCN(Cc1ccco1)C(C)=O. The lowest BCUT2D eigenvalue weighted by atomic mass is 10.2. The topological polar surface area (TPSA) is 71.8 Å². The largest absolute Gasteiger partial charge is 0.495 e. The second-order valence-corrected chi connectivity index (χ2v) is 5.02. The molecule has 0 aliphatic heterocycles. The third-order valence-corrected chi connectivity index (χ3v) is 3.36. The Morgan fingerprint density at radius 3 is 2.65 bits per heavy atom. The minimum atomic E-state index is -0.180. The Labute approximate surface area is 135 Å². The fraction of sp³-hybridized carbons (Fsp3) is 0.294. The molecule has 0 unspecified atom stereocenters. The van der Waals surface area contributed by atoms with Crippen LogP contribution in [0, 0.1) is 0 Å². The summed E-state index contributed by atoms with van der Waals surface area (Å²) in [4.78, 5) is 25.3. The molecule has 122 valence electrons. The summed E-state index contributed by atoms with van der Waals surface area (Å²) in [5.41, 5.74) is 0.611. The van der Waals surface area contributed by atoms with Crippen molar-refractivity contribution in [3.8, 4) is 5.75 Å². The smallest absolute Gasteiger partial charge is 0.226 e. The van der Waals surface area contributed by atoms with Gasteiger partial charge in [-0.15, -0.1) is 0 Å². The first kappa shape index (κ1) is 16.6. The number of carbonyl (C=O) groups excluding carboxylic acids is 2. The number of ether oxygens (including phenoxy) is 1. The van der Waals surface area contributed by atoms with Crippen LogP contribution in [0.15, 0.2) is 47.1 Å². The molecule has 0 atom stereocenters. The van der Waals surface area contributed by atoms with Gasteiger partial charge in [-0.2, -0.15) is 0 Å². The van der Waals surface area contributed by atoms with E-state index in [-0.39, 0.29) is 18.2 Å². The number of benzene rings is 1. The van der Waals surface area contributed by atoms with Gasteiger partial charge in [-0.25, -0.2) is 0 Å². The fourth-order valence-corrected chi connectivity index (χ4v) is 2.14.